The number of unbranched alkanes of at least 4 members (excludes halogenated alkanes) is 6. The molecule has 0 bridgehead atoms. The van der Waals surface area contributed by atoms with Crippen molar-refractivity contribution in [1.29, 1.82) is 0 Å². The van der Waals surface area contributed by atoms with Crippen molar-refractivity contribution in [3.8, 4) is 11.1 Å². The third kappa shape index (κ3) is 19.3. The smallest absolute Gasteiger partial charge is 0.407 e. The van der Waals surface area contributed by atoms with Crippen molar-refractivity contribution in [3.05, 3.63) is 84.0 Å². The fourth-order valence-corrected chi connectivity index (χ4v) is 4.48. The molecule has 0 radical (unpaired) electrons. The summed E-state index contributed by atoms with van der Waals surface area (Å²) in [6, 6.07) is 14.0. The van der Waals surface area contributed by atoms with Gasteiger partial charge < -0.3 is 39.1 Å². The molecule has 2 N–H and O–H groups in total. The number of alkyl carbamates (subject to hydrolysis) is 2. The molecule has 2 amide bonds. The van der Waals surface area contributed by atoms with E-state index in [0.717, 1.165) is 36.8 Å². The Bertz CT molecular complexity index is 1420. The first-order valence-electron chi connectivity index (χ1n) is 18.0. The minimum Gasteiger partial charge on any atom is -0.462 e. The number of nitrogens with one attached hydrogen (secondary N) is 2. The van der Waals surface area contributed by atoms with Gasteiger partial charge in [-0.2, -0.15) is 0 Å². The Morgan fingerprint density at radius 1 is 0.444 bits per heavy atom. The summed E-state index contributed by atoms with van der Waals surface area (Å²) >= 11 is 0. The molecular weight excluding hydrogens is 700 g/mol. The molecule has 2 aromatic rings. The summed E-state index contributed by atoms with van der Waals surface area (Å²) in [4.78, 5) is 70.8. The summed E-state index contributed by atoms with van der Waals surface area (Å²) in [5.41, 5.74) is 3.19. The zero-order valence-electron chi connectivity index (χ0n) is 31.2. The summed E-state index contributed by atoms with van der Waals surface area (Å²) in [5, 5.41) is 5.00. The Labute approximate surface area is 316 Å². The molecule has 0 fully saturated rings. The van der Waals surface area contributed by atoms with E-state index in [2.05, 4.69) is 23.8 Å². The van der Waals surface area contributed by atoms with E-state index < -0.39 is 36.1 Å². The van der Waals surface area contributed by atoms with Crippen molar-refractivity contribution in [2.45, 2.75) is 65.2 Å². The third-order valence-corrected chi connectivity index (χ3v) is 7.49. The SMILES string of the molecule is C=C(C)C(=O)OCCNC(=O)OCCCCCCOC(=O)c1ccc(-c2ccc(C(=O)OCCCCCCOC(=O)NCCOC(=O)C(=C)C)cc2)cc1. The lowest BCUT2D eigenvalue weighted by molar-refractivity contribution is -0.139. The molecule has 0 aliphatic heterocycles. The average molecular weight is 753 g/mol. The van der Waals surface area contributed by atoms with Gasteiger partial charge in [-0.1, -0.05) is 37.4 Å². The lowest BCUT2D eigenvalue weighted by Gasteiger charge is -2.09. The average Bonchev–Trinajstić information content (AvgIpc) is 3.16. The predicted molar refractivity (Wildman–Crippen MR) is 200 cm³/mol. The van der Waals surface area contributed by atoms with E-state index in [1.54, 1.807) is 38.1 Å². The number of amides is 2. The number of carbonyl (C=O) groups is 6. The molecule has 294 valence electrons. The molecule has 2 aromatic carbocycles. The number of carbonyl (C=O) groups excluding carboxylic acids is 6. The van der Waals surface area contributed by atoms with Crippen LogP contribution >= 0.6 is 0 Å². The first-order chi connectivity index (χ1) is 26.0. The highest BCUT2D eigenvalue weighted by Gasteiger charge is 2.11. The quantitative estimate of drug-likeness (QED) is 0.0488. The van der Waals surface area contributed by atoms with Gasteiger partial charge in [0.25, 0.3) is 0 Å². The third-order valence-electron chi connectivity index (χ3n) is 7.49. The van der Waals surface area contributed by atoms with Crippen LogP contribution in [-0.2, 0) is 38.0 Å². The lowest BCUT2D eigenvalue weighted by Crippen LogP contribution is -2.29. The molecule has 2 rings (SSSR count). The maximum atomic E-state index is 12.5. The normalized spacial score (nSPS) is 10.3. The van der Waals surface area contributed by atoms with Crippen molar-refractivity contribution < 1.29 is 57.2 Å². The van der Waals surface area contributed by atoms with Gasteiger partial charge in [-0.25, -0.2) is 28.8 Å². The summed E-state index contributed by atoms with van der Waals surface area (Å²) in [7, 11) is 0. The van der Waals surface area contributed by atoms with Gasteiger partial charge in [0.1, 0.15) is 13.2 Å². The molecule has 0 unspecified atom stereocenters. The number of benzene rings is 2. The van der Waals surface area contributed by atoms with Crippen LogP contribution in [0.4, 0.5) is 9.59 Å². The van der Waals surface area contributed by atoms with E-state index in [9.17, 15) is 28.8 Å². The molecule has 0 saturated carbocycles. The molecular formula is C40H52N2O12. The summed E-state index contributed by atoms with van der Waals surface area (Å²) < 4.78 is 30.7. The van der Waals surface area contributed by atoms with Gasteiger partial charge in [-0.3, -0.25) is 0 Å². The molecule has 14 nitrogen and oxygen atoms in total. The fourth-order valence-electron chi connectivity index (χ4n) is 4.48. The number of hydrogen-bond donors (Lipinski definition) is 2. The Morgan fingerprint density at radius 2 is 0.759 bits per heavy atom. The van der Waals surface area contributed by atoms with Crippen LogP contribution in [0.1, 0.15) is 85.9 Å². The Kier molecular flexibility index (Phi) is 21.6. The number of ether oxygens (including phenoxy) is 6. The van der Waals surface area contributed by atoms with E-state index in [1.165, 1.54) is 0 Å². The van der Waals surface area contributed by atoms with Gasteiger partial charge >= 0.3 is 36.1 Å². The molecule has 54 heavy (non-hydrogen) atoms. The Hall–Kier alpha value is -5.66. The van der Waals surface area contributed by atoms with Crippen molar-refractivity contribution in [3.63, 3.8) is 0 Å². The van der Waals surface area contributed by atoms with E-state index in [0.29, 0.717) is 36.8 Å². The molecule has 0 saturated heterocycles. The molecule has 14 heteroatoms. The zero-order chi connectivity index (χ0) is 39.6. The number of hydrogen-bond acceptors (Lipinski definition) is 12. The van der Waals surface area contributed by atoms with Crippen LogP contribution in [0.25, 0.3) is 11.1 Å². The Balaban J connectivity index is 1.53. The molecule has 0 spiro atoms. The zero-order valence-corrected chi connectivity index (χ0v) is 31.2. The number of esters is 4. The highest BCUT2D eigenvalue weighted by molar-refractivity contribution is 5.91. The second-order valence-corrected chi connectivity index (χ2v) is 12.2. The summed E-state index contributed by atoms with van der Waals surface area (Å²) in [5.74, 6) is -1.85. The molecule has 0 heterocycles. The van der Waals surface area contributed by atoms with E-state index in [4.69, 9.17) is 28.4 Å². The molecule has 0 aromatic heterocycles. The monoisotopic (exact) mass is 752 g/mol. The van der Waals surface area contributed by atoms with Crippen LogP contribution in [0.5, 0.6) is 0 Å². The maximum Gasteiger partial charge on any atom is 0.407 e. The standard InChI is InChI=1S/C40H52N2O12/c1-29(2)35(43)51-27-21-41-39(47)53-25-11-7-5-9-23-49-37(45)33-17-13-31(14-18-33)32-15-19-34(20-16-32)38(46)50-24-10-6-8-12-26-54-40(48)42-22-28-52-36(44)30(3)4/h13-20H,1,3,5-12,21-28H2,2,4H3,(H,41,47)(H,42,48). The molecule has 0 aliphatic carbocycles. The second kappa shape index (κ2) is 26.2. The summed E-state index contributed by atoms with van der Waals surface area (Å²) in [6.45, 7) is 11.5. The maximum absolute atomic E-state index is 12.5. The van der Waals surface area contributed by atoms with Crippen LogP contribution in [-0.4, -0.2) is 88.8 Å². The minimum absolute atomic E-state index is 0.0364. The van der Waals surface area contributed by atoms with Gasteiger partial charge in [-0.15, -0.1) is 0 Å². The Morgan fingerprint density at radius 3 is 1.07 bits per heavy atom. The van der Waals surface area contributed by atoms with Gasteiger partial charge in [0.15, 0.2) is 0 Å². The largest absolute Gasteiger partial charge is 0.462 e. The van der Waals surface area contributed by atoms with Crippen molar-refractivity contribution in [1.82, 2.24) is 10.6 Å². The van der Waals surface area contributed by atoms with Crippen molar-refractivity contribution >= 4 is 36.1 Å². The molecule has 0 atom stereocenters. The highest BCUT2D eigenvalue weighted by Crippen LogP contribution is 2.21. The highest BCUT2D eigenvalue weighted by atomic mass is 16.6. The molecule has 0 aliphatic rings. The first-order valence-corrected chi connectivity index (χ1v) is 18.0. The fraction of sp³-hybridized carbons (Fsp3) is 0.450. The van der Waals surface area contributed by atoms with E-state index >= 15 is 0 Å². The first kappa shape index (κ1) is 44.5. The van der Waals surface area contributed by atoms with Gasteiger partial charge in [0, 0.05) is 11.1 Å². The van der Waals surface area contributed by atoms with E-state index in [-0.39, 0.29) is 63.9 Å². The minimum atomic E-state index is -0.580. The van der Waals surface area contributed by atoms with Crippen LogP contribution in [0.2, 0.25) is 0 Å². The second-order valence-electron chi connectivity index (χ2n) is 12.2. The lowest BCUT2D eigenvalue weighted by atomic mass is 10.0. The van der Waals surface area contributed by atoms with Crippen LogP contribution in [0, 0.1) is 0 Å². The van der Waals surface area contributed by atoms with E-state index in [1.807, 2.05) is 24.3 Å². The van der Waals surface area contributed by atoms with Gasteiger partial charge in [0.2, 0.25) is 0 Å². The van der Waals surface area contributed by atoms with Crippen molar-refractivity contribution in [2.75, 3.05) is 52.7 Å². The van der Waals surface area contributed by atoms with Gasteiger partial charge in [-0.05, 0) is 101 Å². The topological polar surface area (TPSA) is 182 Å². The summed E-state index contributed by atoms with van der Waals surface area (Å²) in [6.07, 6.45) is 4.73. The predicted octanol–water partition coefficient (Wildman–Crippen LogP) is 6.48. The van der Waals surface area contributed by atoms with Crippen LogP contribution < -0.4 is 10.6 Å². The van der Waals surface area contributed by atoms with Crippen molar-refractivity contribution in [2.24, 2.45) is 0 Å². The van der Waals surface area contributed by atoms with Gasteiger partial charge in [0.05, 0.1) is 50.6 Å². The number of rotatable bonds is 25. The van der Waals surface area contributed by atoms with Crippen LogP contribution in [0.15, 0.2) is 72.8 Å². The van der Waals surface area contributed by atoms with Crippen LogP contribution in [0.3, 0.4) is 0 Å².